The van der Waals surface area contributed by atoms with Gasteiger partial charge in [-0.15, -0.1) is 0 Å². The molecular weight excluding hydrogens is 220 g/mol. The summed E-state index contributed by atoms with van der Waals surface area (Å²) >= 11 is 0. The van der Waals surface area contributed by atoms with Gasteiger partial charge in [-0.2, -0.15) is 0 Å². The Morgan fingerprint density at radius 3 is 2.17 bits per heavy atom. The maximum atomic E-state index is 10.6. The Labute approximate surface area is 114 Å². The third kappa shape index (κ3) is 5.73. The highest BCUT2D eigenvalue weighted by Gasteiger charge is 2.35. The van der Waals surface area contributed by atoms with Crippen molar-refractivity contribution in [3.63, 3.8) is 0 Å². The van der Waals surface area contributed by atoms with Crippen molar-refractivity contribution in [3.05, 3.63) is 0 Å². The molecule has 108 valence electrons. The molecule has 1 nitrogen and oxygen atoms in total. The first-order chi connectivity index (χ1) is 8.57. The highest BCUT2D eigenvalue weighted by molar-refractivity contribution is 4.87. The first kappa shape index (κ1) is 16.0. The molecule has 1 fully saturated rings. The summed E-state index contributed by atoms with van der Waals surface area (Å²) in [5.74, 6) is 1.51. The number of unbranched alkanes of at least 4 members (excludes halogenated alkanes) is 6. The molecule has 1 rings (SSSR count). The Hall–Kier alpha value is -0.0400. The van der Waals surface area contributed by atoms with Gasteiger partial charge in [0.2, 0.25) is 0 Å². The number of aliphatic hydroxyl groups is 1. The Morgan fingerprint density at radius 2 is 1.56 bits per heavy atom. The second-order valence-electron chi connectivity index (χ2n) is 6.79. The number of hydrogen-bond donors (Lipinski definition) is 1. The Balaban J connectivity index is 2.07. The van der Waals surface area contributed by atoms with Crippen LogP contribution in [0.25, 0.3) is 0 Å². The Morgan fingerprint density at radius 1 is 0.944 bits per heavy atom. The van der Waals surface area contributed by atoms with Crippen LogP contribution in [0.4, 0.5) is 0 Å². The van der Waals surface area contributed by atoms with E-state index in [0.717, 1.165) is 25.2 Å². The second kappa shape index (κ2) is 8.19. The van der Waals surface area contributed by atoms with Crippen molar-refractivity contribution in [3.8, 4) is 0 Å². The molecular formula is C17H34O. The SMILES string of the molecule is CCCCCCCCCC1(O)CCC(C)C(C)C1. The first-order valence-electron chi connectivity index (χ1n) is 8.30. The van der Waals surface area contributed by atoms with E-state index in [2.05, 4.69) is 20.8 Å². The smallest absolute Gasteiger partial charge is 0.0650 e. The molecule has 0 aromatic rings. The van der Waals surface area contributed by atoms with E-state index >= 15 is 0 Å². The third-order valence-electron chi connectivity index (χ3n) is 4.98. The maximum absolute atomic E-state index is 10.6. The van der Waals surface area contributed by atoms with Crippen LogP contribution in [0, 0.1) is 11.8 Å². The van der Waals surface area contributed by atoms with E-state index in [0.29, 0.717) is 5.92 Å². The summed E-state index contributed by atoms with van der Waals surface area (Å²) in [5.41, 5.74) is -0.324. The monoisotopic (exact) mass is 254 g/mol. The van der Waals surface area contributed by atoms with Crippen molar-refractivity contribution in [2.75, 3.05) is 0 Å². The zero-order valence-corrected chi connectivity index (χ0v) is 12.9. The Kier molecular flexibility index (Phi) is 7.29. The molecule has 1 heteroatoms. The van der Waals surface area contributed by atoms with Crippen molar-refractivity contribution in [1.29, 1.82) is 0 Å². The van der Waals surface area contributed by atoms with Crippen molar-refractivity contribution in [1.82, 2.24) is 0 Å². The van der Waals surface area contributed by atoms with Gasteiger partial charge in [0.1, 0.15) is 0 Å². The second-order valence-corrected chi connectivity index (χ2v) is 6.79. The average Bonchev–Trinajstić information content (AvgIpc) is 2.33. The lowest BCUT2D eigenvalue weighted by atomic mass is 9.71. The van der Waals surface area contributed by atoms with Crippen molar-refractivity contribution in [2.45, 2.75) is 97.0 Å². The highest BCUT2D eigenvalue weighted by atomic mass is 16.3. The predicted molar refractivity (Wildman–Crippen MR) is 79.7 cm³/mol. The van der Waals surface area contributed by atoms with Crippen LogP contribution >= 0.6 is 0 Å². The van der Waals surface area contributed by atoms with Crippen LogP contribution in [0.3, 0.4) is 0 Å². The van der Waals surface area contributed by atoms with Gasteiger partial charge in [0, 0.05) is 0 Å². The normalized spacial score (nSPS) is 32.7. The predicted octanol–water partition coefficient (Wildman–Crippen LogP) is 5.31. The summed E-state index contributed by atoms with van der Waals surface area (Å²) in [5, 5.41) is 10.6. The van der Waals surface area contributed by atoms with Crippen LogP contribution in [-0.4, -0.2) is 10.7 Å². The number of rotatable bonds is 8. The summed E-state index contributed by atoms with van der Waals surface area (Å²) in [6.07, 6.45) is 13.7. The van der Waals surface area contributed by atoms with E-state index in [1.54, 1.807) is 0 Å². The molecule has 1 aliphatic rings. The first-order valence-corrected chi connectivity index (χ1v) is 8.30. The molecule has 1 N–H and O–H groups in total. The molecule has 0 saturated heterocycles. The van der Waals surface area contributed by atoms with Crippen LogP contribution in [0.2, 0.25) is 0 Å². The summed E-state index contributed by atoms with van der Waals surface area (Å²) in [6, 6.07) is 0. The minimum Gasteiger partial charge on any atom is -0.390 e. The molecule has 3 atom stereocenters. The van der Waals surface area contributed by atoms with E-state index in [1.807, 2.05) is 0 Å². The fourth-order valence-electron chi connectivity index (χ4n) is 3.32. The molecule has 0 amide bonds. The minimum atomic E-state index is -0.324. The van der Waals surface area contributed by atoms with Crippen LogP contribution in [-0.2, 0) is 0 Å². The van der Waals surface area contributed by atoms with Gasteiger partial charge in [-0.3, -0.25) is 0 Å². The highest BCUT2D eigenvalue weighted by Crippen LogP contribution is 2.38. The lowest BCUT2D eigenvalue weighted by Gasteiger charge is -2.39. The van der Waals surface area contributed by atoms with Gasteiger partial charge in [-0.1, -0.05) is 65.7 Å². The topological polar surface area (TPSA) is 20.2 Å². The summed E-state index contributed by atoms with van der Waals surface area (Å²) < 4.78 is 0. The average molecular weight is 254 g/mol. The lowest BCUT2D eigenvalue weighted by molar-refractivity contribution is -0.0367. The summed E-state index contributed by atoms with van der Waals surface area (Å²) in [7, 11) is 0. The molecule has 0 heterocycles. The van der Waals surface area contributed by atoms with Crippen molar-refractivity contribution in [2.24, 2.45) is 11.8 Å². The van der Waals surface area contributed by atoms with Crippen LogP contribution in [0.5, 0.6) is 0 Å². The van der Waals surface area contributed by atoms with Crippen LogP contribution in [0.15, 0.2) is 0 Å². The minimum absolute atomic E-state index is 0.324. The van der Waals surface area contributed by atoms with E-state index in [9.17, 15) is 5.11 Å². The van der Waals surface area contributed by atoms with E-state index in [1.165, 1.54) is 51.4 Å². The van der Waals surface area contributed by atoms with Crippen molar-refractivity contribution < 1.29 is 5.11 Å². The molecule has 1 saturated carbocycles. The van der Waals surface area contributed by atoms with Gasteiger partial charge < -0.3 is 5.11 Å². The van der Waals surface area contributed by atoms with Gasteiger partial charge >= 0.3 is 0 Å². The van der Waals surface area contributed by atoms with E-state index < -0.39 is 0 Å². The molecule has 0 radical (unpaired) electrons. The lowest BCUT2D eigenvalue weighted by Crippen LogP contribution is -2.37. The number of hydrogen-bond acceptors (Lipinski definition) is 1. The van der Waals surface area contributed by atoms with Gasteiger partial charge in [-0.05, 0) is 37.5 Å². The largest absolute Gasteiger partial charge is 0.390 e. The third-order valence-corrected chi connectivity index (χ3v) is 4.98. The fourth-order valence-corrected chi connectivity index (χ4v) is 3.32. The molecule has 0 aromatic heterocycles. The molecule has 0 aromatic carbocycles. The van der Waals surface area contributed by atoms with Crippen LogP contribution in [0.1, 0.15) is 91.4 Å². The van der Waals surface area contributed by atoms with Crippen LogP contribution < -0.4 is 0 Å². The summed E-state index contributed by atoms with van der Waals surface area (Å²) in [4.78, 5) is 0. The van der Waals surface area contributed by atoms with E-state index in [4.69, 9.17) is 0 Å². The molecule has 3 unspecified atom stereocenters. The van der Waals surface area contributed by atoms with Gasteiger partial charge in [0.05, 0.1) is 5.60 Å². The van der Waals surface area contributed by atoms with Gasteiger partial charge in [-0.25, -0.2) is 0 Å². The molecule has 0 aliphatic heterocycles. The molecule has 1 aliphatic carbocycles. The zero-order chi connectivity index (χ0) is 13.4. The maximum Gasteiger partial charge on any atom is 0.0650 e. The standard InChI is InChI=1S/C17H34O/c1-4-5-6-7-8-9-10-12-17(18)13-11-15(2)16(3)14-17/h15-16,18H,4-14H2,1-3H3. The van der Waals surface area contributed by atoms with E-state index in [-0.39, 0.29) is 5.60 Å². The molecule has 0 bridgehead atoms. The van der Waals surface area contributed by atoms with Gasteiger partial charge in [0.25, 0.3) is 0 Å². The quantitative estimate of drug-likeness (QED) is 0.582. The van der Waals surface area contributed by atoms with Crippen molar-refractivity contribution >= 4 is 0 Å². The fraction of sp³-hybridized carbons (Fsp3) is 1.00. The zero-order valence-electron chi connectivity index (χ0n) is 12.9. The molecule has 0 spiro atoms. The van der Waals surface area contributed by atoms with Gasteiger partial charge in [0.15, 0.2) is 0 Å². The summed E-state index contributed by atoms with van der Waals surface area (Å²) in [6.45, 7) is 6.90. The Bertz CT molecular complexity index is 214. The molecule has 18 heavy (non-hydrogen) atoms.